The maximum atomic E-state index is 5.84. The molecule has 25 heavy (non-hydrogen) atoms. The largest absolute Gasteiger partial charge is 0.473 e. The summed E-state index contributed by atoms with van der Waals surface area (Å²) in [4.78, 5) is 13.6. The summed E-state index contributed by atoms with van der Waals surface area (Å²) in [6.45, 7) is 4.52. The van der Waals surface area contributed by atoms with Crippen molar-refractivity contribution < 1.29 is 4.74 Å². The van der Waals surface area contributed by atoms with Gasteiger partial charge >= 0.3 is 0 Å². The Hall–Kier alpha value is -2.73. The molecular formula is C19H21N5O. The summed E-state index contributed by atoms with van der Waals surface area (Å²) in [6, 6.07) is 11.8. The molecule has 2 aromatic heterocycles. The molecule has 3 aromatic rings. The molecule has 2 N–H and O–H groups in total. The molecule has 0 saturated carbocycles. The number of hydrogen-bond donors (Lipinski definition) is 2. The fraction of sp³-hybridized carbons (Fsp3) is 0.316. The lowest BCUT2D eigenvalue weighted by Crippen LogP contribution is -2.20. The third kappa shape index (κ3) is 3.69. The molecule has 1 aliphatic rings. The summed E-state index contributed by atoms with van der Waals surface area (Å²) in [6.07, 6.45) is 3.10. The highest BCUT2D eigenvalue weighted by Gasteiger charge is 2.16. The van der Waals surface area contributed by atoms with Crippen LogP contribution in [0.5, 0.6) is 5.88 Å². The summed E-state index contributed by atoms with van der Waals surface area (Å²) in [5.74, 6) is 1.48. The first kappa shape index (κ1) is 15.8. The van der Waals surface area contributed by atoms with Crippen molar-refractivity contribution in [2.75, 3.05) is 18.4 Å². The fourth-order valence-corrected chi connectivity index (χ4v) is 2.93. The Labute approximate surface area is 146 Å². The van der Waals surface area contributed by atoms with Gasteiger partial charge in [-0.15, -0.1) is 0 Å². The van der Waals surface area contributed by atoms with Gasteiger partial charge in [-0.05, 0) is 37.6 Å². The van der Waals surface area contributed by atoms with Crippen LogP contribution in [0.15, 0.2) is 42.6 Å². The molecular weight excluding hydrogens is 314 g/mol. The van der Waals surface area contributed by atoms with Crippen LogP contribution in [0.1, 0.15) is 17.7 Å². The van der Waals surface area contributed by atoms with Crippen LogP contribution < -0.4 is 15.4 Å². The lowest BCUT2D eigenvalue weighted by molar-refractivity contribution is 0.214. The van der Waals surface area contributed by atoms with Gasteiger partial charge in [0, 0.05) is 25.4 Å². The van der Waals surface area contributed by atoms with E-state index in [0.29, 0.717) is 12.4 Å². The Bertz CT molecular complexity index is 859. The van der Waals surface area contributed by atoms with Crippen molar-refractivity contribution in [1.82, 2.24) is 20.3 Å². The highest BCUT2D eigenvalue weighted by Crippen LogP contribution is 2.17. The number of aromatic nitrogens is 3. The molecule has 1 aliphatic heterocycles. The minimum Gasteiger partial charge on any atom is -0.473 e. The SMILES string of the molecule is Cc1nc2ccccc2nc1NCc1ccc(OC2CCNC2)nc1. The van der Waals surface area contributed by atoms with E-state index in [1.807, 2.05) is 49.5 Å². The highest BCUT2D eigenvalue weighted by atomic mass is 16.5. The minimum atomic E-state index is 0.229. The van der Waals surface area contributed by atoms with Crippen LogP contribution >= 0.6 is 0 Å². The van der Waals surface area contributed by atoms with E-state index in [9.17, 15) is 0 Å². The van der Waals surface area contributed by atoms with Gasteiger partial charge in [-0.25, -0.2) is 15.0 Å². The van der Waals surface area contributed by atoms with E-state index in [2.05, 4.69) is 25.6 Å². The van der Waals surface area contributed by atoms with E-state index in [4.69, 9.17) is 4.74 Å². The number of benzene rings is 1. The summed E-state index contributed by atoms with van der Waals surface area (Å²) in [5.41, 5.74) is 3.77. The maximum absolute atomic E-state index is 5.84. The first-order valence-electron chi connectivity index (χ1n) is 8.57. The number of nitrogens with one attached hydrogen (secondary N) is 2. The maximum Gasteiger partial charge on any atom is 0.213 e. The van der Waals surface area contributed by atoms with Crippen molar-refractivity contribution in [2.45, 2.75) is 26.0 Å². The fourth-order valence-electron chi connectivity index (χ4n) is 2.93. The van der Waals surface area contributed by atoms with E-state index >= 15 is 0 Å². The molecule has 3 heterocycles. The second kappa shape index (κ2) is 7.03. The Morgan fingerprint density at radius 2 is 2.00 bits per heavy atom. The topological polar surface area (TPSA) is 72.0 Å². The third-order valence-corrected chi connectivity index (χ3v) is 4.30. The molecule has 0 radical (unpaired) electrons. The standard InChI is InChI=1S/C19H21N5O/c1-13-19(24-17-5-3-2-4-16(17)23-13)22-11-14-6-7-18(21-10-14)25-15-8-9-20-12-15/h2-7,10,15,20H,8-9,11-12H2,1H3,(H,22,24). The van der Waals surface area contributed by atoms with Crippen LogP contribution in [0.2, 0.25) is 0 Å². The summed E-state index contributed by atoms with van der Waals surface area (Å²) < 4.78 is 5.84. The Kier molecular flexibility index (Phi) is 4.43. The monoisotopic (exact) mass is 335 g/mol. The highest BCUT2D eigenvalue weighted by molar-refractivity contribution is 5.76. The average molecular weight is 335 g/mol. The number of para-hydroxylation sites is 2. The quantitative estimate of drug-likeness (QED) is 0.747. The van der Waals surface area contributed by atoms with Gasteiger partial charge < -0.3 is 15.4 Å². The van der Waals surface area contributed by atoms with Crippen molar-refractivity contribution in [3.63, 3.8) is 0 Å². The first-order chi connectivity index (χ1) is 12.3. The minimum absolute atomic E-state index is 0.229. The van der Waals surface area contributed by atoms with Crippen LogP contribution in [0, 0.1) is 6.92 Å². The number of pyridine rings is 1. The molecule has 6 nitrogen and oxygen atoms in total. The summed E-state index contributed by atoms with van der Waals surface area (Å²) in [7, 11) is 0. The smallest absolute Gasteiger partial charge is 0.213 e. The first-order valence-corrected chi connectivity index (χ1v) is 8.57. The van der Waals surface area contributed by atoms with E-state index in [1.54, 1.807) is 0 Å². The predicted molar refractivity (Wildman–Crippen MR) is 97.7 cm³/mol. The second-order valence-electron chi connectivity index (χ2n) is 6.24. The zero-order valence-electron chi connectivity index (χ0n) is 14.2. The Morgan fingerprint density at radius 1 is 1.16 bits per heavy atom. The summed E-state index contributed by atoms with van der Waals surface area (Å²) in [5, 5.41) is 6.63. The number of ether oxygens (including phenoxy) is 1. The molecule has 128 valence electrons. The normalized spacial score (nSPS) is 16.9. The molecule has 1 saturated heterocycles. The van der Waals surface area contributed by atoms with E-state index < -0.39 is 0 Å². The van der Waals surface area contributed by atoms with Crippen molar-refractivity contribution in [3.05, 3.63) is 53.9 Å². The molecule has 1 unspecified atom stereocenters. The lowest BCUT2D eigenvalue weighted by Gasteiger charge is -2.12. The van der Waals surface area contributed by atoms with Gasteiger partial charge in [0.15, 0.2) is 0 Å². The Morgan fingerprint density at radius 3 is 2.72 bits per heavy atom. The van der Waals surface area contributed by atoms with Gasteiger partial charge in [0.2, 0.25) is 5.88 Å². The van der Waals surface area contributed by atoms with Gasteiger partial charge in [-0.3, -0.25) is 0 Å². The third-order valence-electron chi connectivity index (χ3n) is 4.30. The van der Waals surface area contributed by atoms with Gasteiger partial charge in [-0.1, -0.05) is 18.2 Å². The van der Waals surface area contributed by atoms with Crippen LogP contribution in [-0.2, 0) is 6.54 Å². The Balaban J connectivity index is 1.41. The predicted octanol–water partition coefficient (Wildman–Crippen LogP) is 2.69. The number of aryl methyl sites for hydroxylation is 1. The number of anilines is 1. The number of rotatable bonds is 5. The zero-order valence-corrected chi connectivity index (χ0v) is 14.2. The van der Waals surface area contributed by atoms with Gasteiger partial charge in [0.05, 0.1) is 16.7 Å². The molecule has 1 aromatic carbocycles. The molecule has 4 rings (SSSR count). The van der Waals surface area contributed by atoms with Crippen molar-refractivity contribution in [1.29, 1.82) is 0 Å². The summed E-state index contributed by atoms with van der Waals surface area (Å²) >= 11 is 0. The lowest BCUT2D eigenvalue weighted by atomic mass is 10.2. The molecule has 1 atom stereocenters. The van der Waals surface area contributed by atoms with Crippen molar-refractivity contribution in [2.24, 2.45) is 0 Å². The average Bonchev–Trinajstić information content (AvgIpc) is 3.14. The number of fused-ring (bicyclic) bond motifs is 1. The van der Waals surface area contributed by atoms with E-state index in [1.165, 1.54) is 0 Å². The second-order valence-corrected chi connectivity index (χ2v) is 6.24. The molecule has 0 aliphatic carbocycles. The number of hydrogen-bond acceptors (Lipinski definition) is 6. The molecule has 1 fully saturated rings. The van der Waals surface area contributed by atoms with Crippen molar-refractivity contribution in [3.8, 4) is 5.88 Å². The van der Waals surface area contributed by atoms with Gasteiger partial charge in [-0.2, -0.15) is 0 Å². The molecule has 0 bridgehead atoms. The molecule has 0 amide bonds. The van der Waals surface area contributed by atoms with E-state index in [0.717, 1.165) is 47.6 Å². The molecule has 0 spiro atoms. The van der Waals surface area contributed by atoms with Gasteiger partial charge in [0.25, 0.3) is 0 Å². The van der Waals surface area contributed by atoms with E-state index in [-0.39, 0.29) is 6.10 Å². The van der Waals surface area contributed by atoms with Crippen LogP contribution in [0.4, 0.5) is 5.82 Å². The zero-order chi connectivity index (χ0) is 17.1. The van der Waals surface area contributed by atoms with Crippen LogP contribution in [0.3, 0.4) is 0 Å². The van der Waals surface area contributed by atoms with Crippen molar-refractivity contribution >= 4 is 16.9 Å². The molecule has 6 heteroatoms. The number of nitrogens with zero attached hydrogens (tertiary/aromatic N) is 3. The van der Waals surface area contributed by atoms with Gasteiger partial charge in [0.1, 0.15) is 11.9 Å². The van der Waals surface area contributed by atoms with Crippen LogP contribution in [0.25, 0.3) is 11.0 Å². The van der Waals surface area contributed by atoms with Crippen LogP contribution in [-0.4, -0.2) is 34.1 Å².